The van der Waals surface area contributed by atoms with Gasteiger partial charge in [0.2, 0.25) is 5.91 Å². The minimum Gasteiger partial charge on any atom is -0.361 e. The first-order valence-electron chi connectivity index (χ1n) is 6.45. The lowest BCUT2D eigenvalue weighted by atomic mass is 9.93. The van der Waals surface area contributed by atoms with Crippen LogP contribution in [0.25, 0.3) is 0 Å². The number of alkyl halides is 13. The lowest BCUT2D eigenvalue weighted by Gasteiger charge is -2.39. The smallest absolute Gasteiger partial charge is 0.361 e. The Bertz CT molecular complexity index is 529. The molecule has 0 heterocycles. The zero-order valence-corrected chi connectivity index (χ0v) is 12.9. The minimum atomic E-state index is -7.91. The Morgan fingerprint density at radius 1 is 0.741 bits per heavy atom. The first-order valence-corrected chi connectivity index (χ1v) is 6.45. The fraction of sp³-hybridized carbons (Fsp3) is 0.909. The second kappa shape index (κ2) is 7.50. The van der Waals surface area contributed by atoms with Gasteiger partial charge >= 0.3 is 35.8 Å². The van der Waals surface area contributed by atoms with E-state index in [-0.39, 0.29) is 0 Å². The molecule has 0 aliphatic carbocycles. The van der Waals surface area contributed by atoms with Crippen LogP contribution in [0.3, 0.4) is 0 Å². The predicted octanol–water partition coefficient (Wildman–Crippen LogP) is 4.23. The van der Waals surface area contributed by atoms with E-state index in [0.29, 0.717) is 0 Å². The number of hydrogen-bond acceptors (Lipinski definition) is 2. The molecule has 0 saturated carbocycles. The summed E-state index contributed by atoms with van der Waals surface area (Å²) in [6, 6.07) is 0. The fourth-order valence-electron chi connectivity index (χ4n) is 1.38. The summed E-state index contributed by atoms with van der Waals surface area (Å²) in [5, 5.41) is 1.78. The van der Waals surface area contributed by atoms with Crippen LogP contribution in [0.15, 0.2) is 0 Å². The third-order valence-electron chi connectivity index (χ3n) is 2.98. The summed E-state index contributed by atoms with van der Waals surface area (Å²) in [6.07, 6.45) is -9.91. The van der Waals surface area contributed by atoms with Gasteiger partial charge in [-0.05, 0) is 0 Å². The highest BCUT2D eigenvalue weighted by Crippen LogP contribution is 2.60. The van der Waals surface area contributed by atoms with Crippen LogP contribution < -0.4 is 5.32 Å². The van der Waals surface area contributed by atoms with Gasteiger partial charge in [-0.25, -0.2) is 0 Å². The van der Waals surface area contributed by atoms with Crippen molar-refractivity contribution in [2.75, 3.05) is 13.3 Å². The van der Waals surface area contributed by atoms with Crippen LogP contribution >= 0.6 is 0 Å². The van der Waals surface area contributed by atoms with Gasteiger partial charge < -0.3 is 10.1 Å². The molecule has 0 rings (SSSR count). The van der Waals surface area contributed by atoms with E-state index in [1.165, 1.54) is 0 Å². The van der Waals surface area contributed by atoms with Crippen LogP contribution in [0.1, 0.15) is 13.3 Å². The molecule has 0 aliphatic rings. The highest BCUT2D eigenvalue weighted by atomic mass is 19.4. The van der Waals surface area contributed by atoms with Crippen molar-refractivity contribution in [2.45, 2.75) is 49.1 Å². The summed E-state index contributed by atoms with van der Waals surface area (Å²) in [5.41, 5.74) is 0. The molecular formula is C11H10F13NO2. The third-order valence-corrected chi connectivity index (χ3v) is 2.98. The number of ether oxygens (including phenoxy) is 1. The number of carbonyl (C=O) groups is 1. The zero-order valence-electron chi connectivity index (χ0n) is 12.9. The number of amides is 1. The van der Waals surface area contributed by atoms with Crippen molar-refractivity contribution in [3.63, 3.8) is 0 Å². The van der Waals surface area contributed by atoms with E-state index >= 15 is 0 Å². The molecule has 0 aliphatic heterocycles. The monoisotopic (exact) mass is 435 g/mol. The van der Waals surface area contributed by atoms with Gasteiger partial charge in [0.25, 0.3) is 0 Å². The molecule has 3 nitrogen and oxygen atoms in total. The minimum absolute atomic E-state index is 0.798. The van der Waals surface area contributed by atoms with E-state index in [1.54, 1.807) is 5.32 Å². The summed E-state index contributed by atoms with van der Waals surface area (Å²) in [5.74, 6) is -37.8. The SMILES string of the molecule is CC(=O)NCOCCC(F)(F)C(F)(F)C(F)(F)C(F)(F)C(F)(F)C(F)(F)F. The van der Waals surface area contributed by atoms with Gasteiger partial charge in [0, 0.05) is 13.3 Å². The summed E-state index contributed by atoms with van der Waals surface area (Å²) in [4.78, 5) is 10.4. The van der Waals surface area contributed by atoms with E-state index < -0.39 is 61.5 Å². The lowest BCUT2D eigenvalue weighted by molar-refractivity contribution is -0.440. The van der Waals surface area contributed by atoms with Gasteiger partial charge in [0.05, 0.1) is 6.61 Å². The topological polar surface area (TPSA) is 38.3 Å². The van der Waals surface area contributed by atoms with Crippen LogP contribution in [-0.4, -0.2) is 55.0 Å². The molecule has 1 N–H and O–H groups in total. The van der Waals surface area contributed by atoms with Gasteiger partial charge in [-0.15, -0.1) is 0 Å². The molecule has 162 valence electrons. The number of nitrogens with one attached hydrogen (secondary N) is 1. The van der Waals surface area contributed by atoms with E-state index in [2.05, 4.69) is 4.74 Å². The molecule has 16 heteroatoms. The number of carbonyl (C=O) groups excluding carboxylic acids is 1. The highest BCUT2D eigenvalue weighted by molar-refractivity contribution is 5.72. The number of hydrogen-bond donors (Lipinski definition) is 1. The Morgan fingerprint density at radius 2 is 1.15 bits per heavy atom. The molecule has 0 spiro atoms. The first-order chi connectivity index (χ1) is 11.7. The molecule has 27 heavy (non-hydrogen) atoms. The van der Waals surface area contributed by atoms with Crippen molar-refractivity contribution in [1.29, 1.82) is 0 Å². The Balaban J connectivity index is 5.58. The molecule has 0 fully saturated rings. The Morgan fingerprint density at radius 3 is 1.52 bits per heavy atom. The second-order valence-electron chi connectivity index (χ2n) is 5.04. The van der Waals surface area contributed by atoms with Crippen molar-refractivity contribution in [3.05, 3.63) is 0 Å². The Kier molecular flexibility index (Phi) is 7.09. The van der Waals surface area contributed by atoms with E-state index in [0.717, 1.165) is 6.92 Å². The summed E-state index contributed by atoms with van der Waals surface area (Å²) < 4.78 is 170. The molecule has 0 aromatic heterocycles. The van der Waals surface area contributed by atoms with E-state index in [4.69, 9.17) is 0 Å². The van der Waals surface area contributed by atoms with Gasteiger partial charge in [-0.3, -0.25) is 4.79 Å². The maximum Gasteiger partial charge on any atom is 0.460 e. The molecule has 0 saturated heterocycles. The third kappa shape index (κ3) is 4.51. The van der Waals surface area contributed by atoms with Gasteiger partial charge in [0.15, 0.2) is 0 Å². The molecule has 0 aromatic rings. The molecule has 0 unspecified atom stereocenters. The largest absolute Gasteiger partial charge is 0.460 e. The summed E-state index contributed by atoms with van der Waals surface area (Å²) in [7, 11) is 0. The lowest BCUT2D eigenvalue weighted by Crippen LogP contribution is -2.70. The molecule has 0 radical (unpaired) electrons. The van der Waals surface area contributed by atoms with Crippen molar-refractivity contribution >= 4 is 5.91 Å². The summed E-state index contributed by atoms with van der Waals surface area (Å²) in [6.45, 7) is -1.56. The van der Waals surface area contributed by atoms with Crippen LogP contribution in [0.2, 0.25) is 0 Å². The number of halogens is 13. The zero-order chi connectivity index (χ0) is 22.1. The van der Waals surface area contributed by atoms with Crippen LogP contribution in [0.4, 0.5) is 57.1 Å². The average Bonchev–Trinajstić information content (AvgIpc) is 2.44. The molecule has 0 aromatic carbocycles. The van der Waals surface area contributed by atoms with Crippen LogP contribution in [0, 0.1) is 0 Å². The van der Waals surface area contributed by atoms with Gasteiger partial charge in [0.1, 0.15) is 6.73 Å². The molecule has 1 amide bonds. The van der Waals surface area contributed by atoms with Gasteiger partial charge in [-0.1, -0.05) is 0 Å². The fourth-order valence-corrected chi connectivity index (χ4v) is 1.38. The van der Waals surface area contributed by atoms with Crippen molar-refractivity contribution < 1.29 is 66.6 Å². The van der Waals surface area contributed by atoms with E-state index in [1.807, 2.05) is 0 Å². The maximum absolute atomic E-state index is 13.2. The van der Waals surface area contributed by atoms with Crippen LogP contribution in [0.5, 0.6) is 0 Å². The molecule has 0 bridgehead atoms. The normalized spacial score (nSPS) is 15.0. The van der Waals surface area contributed by atoms with Crippen LogP contribution in [-0.2, 0) is 9.53 Å². The first kappa shape index (κ1) is 25.5. The highest BCUT2D eigenvalue weighted by Gasteiger charge is 2.90. The quantitative estimate of drug-likeness (QED) is 0.335. The van der Waals surface area contributed by atoms with Crippen molar-refractivity contribution in [2.24, 2.45) is 0 Å². The molecule has 0 atom stereocenters. The Labute approximate surface area is 141 Å². The number of rotatable bonds is 9. The summed E-state index contributed by atoms with van der Waals surface area (Å²) >= 11 is 0. The Hall–Kier alpha value is -1.48. The van der Waals surface area contributed by atoms with Gasteiger partial charge in [-0.2, -0.15) is 57.1 Å². The van der Waals surface area contributed by atoms with Crippen molar-refractivity contribution in [3.8, 4) is 0 Å². The predicted molar refractivity (Wildman–Crippen MR) is 60.0 cm³/mol. The average molecular weight is 435 g/mol. The maximum atomic E-state index is 13.2. The van der Waals surface area contributed by atoms with Crippen molar-refractivity contribution in [1.82, 2.24) is 5.32 Å². The molecular weight excluding hydrogens is 425 g/mol. The standard InChI is InChI=1S/C11H10F13NO2/c1-5(26)25-4-27-3-2-6(12,13)7(14,15)8(16,17)9(18,19)10(20,21)11(22,23)24/h2-4H2,1H3,(H,25,26). The van der Waals surface area contributed by atoms with E-state index in [9.17, 15) is 61.9 Å². The second-order valence-corrected chi connectivity index (χ2v) is 5.04.